The highest BCUT2D eigenvalue weighted by molar-refractivity contribution is 8.01. The number of thiophene rings is 1. The summed E-state index contributed by atoms with van der Waals surface area (Å²) in [7, 11) is 4.04. The number of ketones is 1. The van der Waals surface area contributed by atoms with E-state index in [1.165, 1.54) is 14.6 Å². The van der Waals surface area contributed by atoms with E-state index in [0.29, 0.717) is 5.75 Å². The third-order valence-corrected chi connectivity index (χ3v) is 5.55. The first kappa shape index (κ1) is 16.0. The van der Waals surface area contributed by atoms with E-state index < -0.39 is 0 Å². The largest absolute Gasteiger partial charge is 0.293 e. The van der Waals surface area contributed by atoms with Gasteiger partial charge in [-0.25, -0.2) is 4.58 Å². The Hall–Kier alpha value is -1.39. The normalized spacial score (nSPS) is 10.4. The molecule has 1 heterocycles. The Morgan fingerprint density at radius 3 is 2.62 bits per heavy atom. The van der Waals surface area contributed by atoms with Crippen molar-refractivity contribution in [2.45, 2.75) is 17.6 Å². The number of rotatable bonds is 6. The van der Waals surface area contributed by atoms with Crippen LogP contribution in [0.15, 0.2) is 40.6 Å². The maximum atomic E-state index is 12.2. The van der Waals surface area contributed by atoms with E-state index in [2.05, 4.69) is 19.2 Å². The molecule has 0 N–H and O–H groups in total. The molecule has 0 saturated heterocycles. The monoisotopic (exact) mass is 318 g/mol. The quantitative estimate of drug-likeness (QED) is 0.347. The molecule has 110 valence electrons. The van der Waals surface area contributed by atoms with Crippen molar-refractivity contribution in [2.75, 3.05) is 19.8 Å². The lowest BCUT2D eigenvalue weighted by molar-refractivity contribution is -0.458. The lowest BCUT2D eigenvalue weighted by atomic mass is 10.2. The fraction of sp³-hybridized carbons (Fsp3) is 0.294. The van der Waals surface area contributed by atoms with Gasteiger partial charge in [-0.2, -0.15) is 0 Å². The molecular weight excluding hydrogens is 298 g/mol. The molecule has 2 aromatic rings. The Balaban J connectivity index is 2.11. The molecule has 0 atom stereocenters. The molecule has 0 amide bonds. The predicted octanol–water partition coefficient (Wildman–Crippen LogP) is 3.98. The Morgan fingerprint density at radius 1 is 1.29 bits per heavy atom. The Kier molecular flexibility index (Phi) is 5.76. The number of hydrogen-bond acceptors (Lipinski definition) is 3. The van der Waals surface area contributed by atoms with Gasteiger partial charge in [0.2, 0.25) is 0 Å². The van der Waals surface area contributed by atoms with Gasteiger partial charge in [-0.05, 0) is 12.5 Å². The molecule has 0 aliphatic rings. The lowest BCUT2D eigenvalue weighted by Gasteiger charge is -2.00. The zero-order valence-corrected chi connectivity index (χ0v) is 14.3. The molecule has 0 aliphatic heterocycles. The van der Waals surface area contributed by atoms with Crippen LogP contribution in [0.1, 0.15) is 27.7 Å². The first-order valence-corrected chi connectivity index (χ1v) is 8.75. The van der Waals surface area contributed by atoms with Crippen molar-refractivity contribution >= 4 is 35.1 Å². The van der Waals surface area contributed by atoms with E-state index in [1.807, 2.05) is 49.0 Å². The SMILES string of the molecule is CCc1cc(C=[N+](C)C)c(SCC(=O)c2ccccc2)s1. The van der Waals surface area contributed by atoms with E-state index in [9.17, 15) is 4.79 Å². The van der Waals surface area contributed by atoms with Crippen LogP contribution >= 0.6 is 23.1 Å². The minimum Gasteiger partial charge on any atom is -0.293 e. The zero-order valence-electron chi connectivity index (χ0n) is 12.6. The van der Waals surface area contributed by atoms with Crippen LogP contribution < -0.4 is 0 Å². The number of benzene rings is 1. The Bertz CT molecular complexity index is 640. The molecule has 0 saturated carbocycles. The molecule has 1 aromatic carbocycles. The first-order valence-electron chi connectivity index (χ1n) is 6.95. The molecule has 1 aromatic heterocycles. The highest BCUT2D eigenvalue weighted by Crippen LogP contribution is 2.32. The van der Waals surface area contributed by atoms with E-state index in [0.717, 1.165) is 12.0 Å². The average molecular weight is 318 g/mol. The summed E-state index contributed by atoms with van der Waals surface area (Å²) in [5, 5.41) is 0. The highest BCUT2D eigenvalue weighted by Gasteiger charge is 2.13. The van der Waals surface area contributed by atoms with Crippen molar-refractivity contribution in [3.8, 4) is 0 Å². The third-order valence-electron chi connectivity index (χ3n) is 2.95. The second-order valence-electron chi connectivity index (χ2n) is 4.98. The Labute approximate surface area is 134 Å². The van der Waals surface area contributed by atoms with E-state index in [4.69, 9.17) is 0 Å². The number of carbonyl (C=O) groups is 1. The molecule has 21 heavy (non-hydrogen) atoms. The second kappa shape index (κ2) is 7.57. The molecule has 0 fully saturated rings. The second-order valence-corrected chi connectivity index (χ2v) is 7.36. The van der Waals surface area contributed by atoms with Crippen LogP contribution in [0.4, 0.5) is 0 Å². The van der Waals surface area contributed by atoms with Crippen molar-refractivity contribution in [3.63, 3.8) is 0 Å². The number of hydrogen-bond donors (Lipinski definition) is 0. The van der Waals surface area contributed by atoms with Crippen LogP contribution in [0.3, 0.4) is 0 Å². The molecule has 0 radical (unpaired) electrons. The van der Waals surface area contributed by atoms with Gasteiger partial charge in [-0.3, -0.25) is 4.79 Å². The smallest absolute Gasteiger partial charge is 0.173 e. The van der Waals surface area contributed by atoms with E-state index >= 15 is 0 Å². The Morgan fingerprint density at radius 2 is 2.00 bits per heavy atom. The van der Waals surface area contributed by atoms with Gasteiger partial charge >= 0.3 is 0 Å². The highest BCUT2D eigenvalue weighted by atomic mass is 32.2. The number of Topliss-reactive ketones (excluding diaryl/α,β-unsaturated/α-hetero) is 1. The van der Waals surface area contributed by atoms with Crippen LogP contribution in [0.25, 0.3) is 0 Å². The van der Waals surface area contributed by atoms with Crippen molar-refractivity contribution in [1.29, 1.82) is 0 Å². The number of aryl methyl sites for hydroxylation is 1. The van der Waals surface area contributed by atoms with Gasteiger partial charge in [0.1, 0.15) is 14.1 Å². The van der Waals surface area contributed by atoms with E-state index in [-0.39, 0.29) is 5.78 Å². The fourth-order valence-electron chi connectivity index (χ4n) is 1.93. The molecular formula is C17H20NOS2+. The van der Waals surface area contributed by atoms with Gasteiger partial charge in [-0.15, -0.1) is 23.1 Å². The first-order chi connectivity index (χ1) is 10.1. The zero-order chi connectivity index (χ0) is 15.2. The molecule has 2 rings (SSSR count). The van der Waals surface area contributed by atoms with Crippen LogP contribution in [-0.4, -0.2) is 36.4 Å². The summed E-state index contributed by atoms with van der Waals surface area (Å²) in [4.78, 5) is 13.6. The van der Waals surface area contributed by atoms with Crippen molar-refractivity contribution in [3.05, 3.63) is 52.4 Å². The lowest BCUT2D eigenvalue weighted by Crippen LogP contribution is -2.03. The van der Waals surface area contributed by atoms with Gasteiger partial charge in [0, 0.05) is 10.4 Å². The van der Waals surface area contributed by atoms with E-state index in [1.54, 1.807) is 23.1 Å². The minimum absolute atomic E-state index is 0.183. The van der Waals surface area contributed by atoms with Crippen LogP contribution in [-0.2, 0) is 6.42 Å². The third kappa shape index (κ3) is 4.55. The topological polar surface area (TPSA) is 20.1 Å². The van der Waals surface area contributed by atoms with Gasteiger partial charge in [-0.1, -0.05) is 37.3 Å². The van der Waals surface area contributed by atoms with Crippen molar-refractivity contribution in [1.82, 2.24) is 0 Å². The molecule has 0 bridgehead atoms. The van der Waals surface area contributed by atoms with Crippen molar-refractivity contribution in [2.24, 2.45) is 0 Å². The number of nitrogens with zero attached hydrogens (tertiary/aromatic N) is 1. The van der Waals surface area contributed by atoms with Gasteiger partial charge in [0.05, 0.1) is 15.5 Å². The molecule has 2 nitrogen and oxygen atoms in total. The van der Waals surface area contributed by atoms with Gasteiger partial charge < -0.3 is 0 Å². The summed E-state index contributed by atoms with van der Waals surface area (Å²) in [6, 6.07) is 11.7. The summed E-state index contributed by atoms with van der Waals surface area (Å²) in [5.74, 6) is 0.671. The summed E-state index contributed by atoms with van der Waals surface area (Å²) < 4.78 is 3.27. The molecule has 0 aliphatic carbocycles. The standard InChI is InChI=1S/C17H20NOS2/c1-4-15-10-14(11-18(2)3)17(21-15)20-12-16(19)13-8-6-5-7-9-13/h5-11H,4,12H2,1-3H3/q+1. The van der Waals surface area contributed by atoms with Crippen LogP contribution in [0.2, 0.25) is 0 Å². The van der Waals surface area contributed by atoms with Gasteiger partial charge in [0.25, 0.3) is 0 Å². The maximum Gasteiger partial charge on any atom is 0.173 e. The molecule has 4 heteroatoms. The number of thioether (sulfide) groups is 1. The molecule has 0 unspecified atom stereocenters. The summed E-state index contributed by atoms with van der Waals surface area (Å²) in [6.07, 6.45) is 3.15. The summed E-state index contributed by atoms with van der Waals surface area (Å²) in [6.45, 7) is 2.16. The minimum atomic E-state index is 0.183. The summed E-state index contributed by atoms with van der Waals surface area (Å²) in [5.41, 5.74) is 2.00. The van der Waals surface area contributed by atoms with Gasteiger partial charge in [0.15, 0.2) is 12.0 Å². The predicted molar refractivity (Wildman–Crippen MR) is 92.5 cm³/mol. The maximum absolute atomic E-state index is 12.2. The number of carbonyl (C=O) groups excluding carboxylic acids is 1. The van der Waals surface area contributed by atoms with Crippen LogP contribution in [0, 0.1) is 0 Å². The molecule has 0 spiro atoms. The van der Waals surface area contributed by atoms with Crippen molar-refractivity contribution < 1.29 is 9.37 Å². The fourth-order valence-corrected chi connectivity index (χ4v) is 4.17. The average Bonchev–Trinajstić information content (AvgIpc) is 2.87. The van der Waals surface area contributed by atoms with Crippen LogP contribution in [0.5, 0.6) is 0 Å². The summed E-state index contributed by atoms with van der Waals surface area (Å²) >= 11 is 3.43.